The maximum absolute atomic E-state index is 12.4. The zero-order chi connectivity index (χ0) is 11.6. The Labute approximate surface area is 96.1 Å². The number of ketones is 1. The van der Waals surface area contributed by atoms with Gasteiger partial charge in [-0.05, 0) is 19.4 Å². The molecule has 4 heteroatoms. The zero-order valence-electron chi connectivity index (χ0n) is 9.99. The van der Waals surface area contributed by atoms with Gasteiger partial charge in [-0.25, -0.2) is 4.98 Å². The van der Waals surface area contributed by atoms with Crippen molar-refractivity contribution in [3.05, 3.63) is 18.2 Å². The maximum Gasteiger partial charge on any atom is 0.205 e. The van der Waals surface area contributed by atoms with Crippen molar-refractivity contribution >= 4 is 5.78 Å². The lowest BCUT2D eigenvalue weighted by Crippen LogP contribution is -2.32. The molecule has 1 N–H and O–H groups in total. The van der Waals surface area contributed by atoms with Crippen LogP contribution < -0.4 is 5.32 Å². The molecule has 1 aromatic heterocycles. The Hall–Kier alpha value is -1.16. The van der Waals surface area contributed by atoms with Crippen LogP contribution >= 0.6 is 0 Å². The minimum Gasteiger partial charge on any atom is -0.329 e. The molecule has 0 spiro atoms. The van der Waals surface area contributed by atoms with Gasteiger partial charge in [0, 0.05) is 30.9 Å². The second-order valence-electron chi connectivity index (χ2n) is 4.76. The topological polar surface area (TPSA) is 46.9 Å². The van der Waals surface area contributed by atoms with E-state index in [-0.39, 0.29) is 11.2 Å². The van der Waals surface area contributed by atoms with Crippen molar-refractivity contribution in [2.24, 2.45) is 5.41 Å². The molecule has 2 heterocycles. The summed E-state index contributed by atoms with van der Waals surface area (Å²) in [5.74, 6) is 0.795. The lowest BCUT2D eigenvalue weighted by atomic mass is 9.84. The molecule has 1 aliphatic heterocycles. The third-order valence-corrected chi connectivity index (χ3v) is 3.30. The van der Waals surface area contributed by atoms with Gasteiger partial charge < -0.3 is 9.88 Å². The molecule has 0 aromatic carbocycles. The van der Waals surface area contributed by atoms with Gasteiger partial charge in [0.1, 0.15) is 0 Å². The minimum atomic E-state index is -0.267. The molecule has 1 atom stereocenters. The molecule has 0 radical (unpaired) electrons. The van der Waals surface area contributed by atoms with Crippen LogP contribution in [0.4, 0.5) is 0 Å². The molecule has 0 amide bonds. The highest BCUT2D eigenvalue weighted by atomic mass is 16.1. The Bertz CT molecular complexity index is 377. The SMILES string of the molecule is CCCn1ccnc1C(=O)C1(C)CCNC1. The van der Waals surface area contributed by atoms with Crippen molar-refractivity contribution in [1.82, 2.24) is 14.9 Å². The van der Waals surface area contributed by atoms with E-state index in [0.717, 1.165) is 32.5 Å². The van der Waals surface area contributed by atoms with Gasteiger partial charge in [-0.1, -0.05) is 13.8 Å². The molecule has 88 valence electrons. The summed E-state index contributed by atoms with van der Waals surface area (Å²) in [7, 11) is 0. The van der Waals surface area contributed by atoms with Gasteiger partial charge in [0.2, 0.25) is 5.78 Å². The summed E-state index contributed by atoms with van der Waals surface area (Å²) < 4.78 is 1.96. The van der Waals surface area contributed by atoms with Crippen LogP contribution in [-0.2, 0) is 6.54 Å². The number of Topliss-reactive ketones (excluding diaryl/α,β-unsaturated/α-hetero) is 1. The van der Waals surface area contributed by atoms with E-state index in [1.807, 2.05) is 17.7 Å². The van der Waals surface area contributed by atoms with Gasteiger partial charge in [0.05, 0.1) is 0 Å². The van der Waals surface area contributed by atoms with Gasteiger partial charge in [-0.15, -0.1) is 0 Å². The first-order valence-electron chi connectivity index (χ1n) is 5.94. The number of aromatic nitrogens is 2. The summed E-state index contributed by atoms with van der Waals surface area (Å²) in [5, 5.41) is 3.25. The van der Waals surface area contributed by atoms with Crippen molar-refractivity contribution in [2.45, 2.75) is 33.2 Å². The highest BCUT2D eigenvalue weighted by Crippen LogP contribution is 2.28. The van der Waals surface area contributed by atoms with Crippen molar-refractivity contribution < 1.29 is 4.79 Å². The zero-order valence-corrected chi connectivity index (χ0v) is 9.99. The third kappa shape index (κ3) is 1.89. The van der Waals surface area contributed by atoms with Crippen LogP contribution in [0.2, 0.25) is 0 Å². The Kier molecular flexibility index (Phi) is 3.10. The van der Waals surface area contributed by atoms with E-state index in [4.69, 9.17) is 0 Å². The highest BCUT2D eigenvalue weighted by molar-refractivity contribution is 5.97. The molecule has 16 heavy (non-hydrogen) atoms. The second kappa shape index (κ2) is 4.37. The van der Waals surface area contributed by atoms with Gasteiger partial charge in [0.15, 0.2) is 5.82 Å². The second-order valence-corrected chi connectivity index (χ2v) is 4.76. The summed E-state index contributed by atoms with van der Waals surface area (Å²) in [4.78, 5) is 16.6. The van der Waals surface area contributed by atoms with E-state index in [2.05, 4.69) is 17.2 Å². The fourth-order valence-electron chi connectivity index (χ4n) is 2.22. The summed E-state index contributed by atoms with van der Waals surface area (Å²) in [6, 6.07) is 0. The smallest absolute Gasteiger partial charge is 0.205 e. The Balaban J connectivity index is 2.23. The van der Waals surface area contributed by atoms with Crippen LogP contribution in [0.15, 0.2) is 12.4 Å². The summed E-state index contributed by atoms with van der Waals surface area (Å²) in [5.41, 5.74) is -0.267. The number of nitrogens with one attached hydrogen (secondary N) is 1. The third-order valence-electron chi connectivity index (χ3n) is 3.30. The van der Waals surface area contributed by atoms with E-state index < -0.39 is 0 Å². The molecular weight excluding hydrogens is 202 g/mol. The number of carbonyl (C=O) groups is 1. The number of hydrogen-bond donors (Lipinski definition) is 1. The molecule has 1 aromatic rings. The van der Waals surface area contributed by atoms with Gasteiger partial charge in [-0.2, -0.15) is 0 Å². The van der Waals surface area contributed by atoms with Gasteiger partial charge >= 0.3 is 0 Å². The first-order valence-corrected chi connectivity index (χ1v) is 5.94. The van der Waals surface area contributed by atoms with Crippen LogP contribution in [0.1, 0.15) is 37.3 Å². The summed E-state index contributed by atoms with van der Waals surface area (Å²) in [6.07, 6.45) is 5.54. The van der Waals surface area contributed by atoms with Crippen LogP contribution in [0.25, 0.3) is 0 Å². The molecule has 1 saturated heterocycles. The number of nitrogens with zero attached hydrogens (tertiary/aromatic N) is 2. The van der Waals surface area contributed by atoms with Crippen molar-refractivity contribution in [1.29, 1.82) is 0 Å². The number of aryl methyl sites for hydroxylation is 1. The highest BCUT2D eigenvalue weighted by Gasteiger charge is 2.38. The number of carbonyl (C=O) groups excluding carboxylic acids is 1. The van der Waals surface area contributed by atoms with E-state index in [9.17, 15) is 4.79 Å². The van der Waals surface area contributed by atoms with Gasteiger partial charge in [-0.3, -0.25) is 4.79 Å². The standard InChI is InChI=1S/C12H19N3O/c1-3-7-15-8-6-14-11(15)10(16)12(2)4-5-13-9-12/h6,8,13H,3-5,7,9H2,1-2H3. The predicted molar refractivity (Wildman–Crippen MR) is 62.4 cm³/mol. The normalized spacial score (nSPS) is 24.9. The van der Waals surface area contributed by atoms with E-state index >= 15 is 0 Å². The van der Waals surface area contributed by atoms with E-state index in [0.29, 0.717) is 5.82 Å². The van der Waals surface area contributed by atoms with Crippen LogP contribution in [0.5, 0.6) is 0 Å². The molecule has 1 unspecified atom stereocenters. The molecular formula is C12H19N3O. The van der Waals surface area contributed by atoms with Crippen molar-refractivity contribution in [3.8, 4) is 0 Å². The fourth-order valence-corrected chi connectivity index (χ4v) is 2.22. The Morgan fingerprint density at radius 2 is 2.50 bits per heavy atom. The van der Waals surface area contributed by atoms with Crippen LogP contribution in [0, 0.1) is 5.41 Å². The molecule has 0 saturated carbocycles. The number of rotatable bonds is 4. The Morgan fingerprint density at radius 1 is 1.69 bits per heavy atom. The van der Waals surface area contributed by atoms with Crippen molar-refractivity contribution in [3.63, 3.8) is 0 Å². The van der Waals surface area contributed by atoms with Gasteiger partial charge in [0.25, 0.3) is 0 Å². The fraction of sp³-hybridized carbons (Fsp3) is 0.667. The Morgan fingerprint density at radius 3 is 3.12 bits per heavy atom. The number of imidazole rings is 1. The van der Waals surface area contributed by atoms with E-state index in [1.54, 1.807) is 6.20 Å². The predicted octanol–water partition coefficient (Wildman–Crippen LogP) is 1.48. The quantitative estimate of drug-likeness (QED) is 0.783. The first-order chi connectivity index (χ1) is 7.67. The summed E-state index contributed by atoms with van der Waals surface area (Å²) >= 11 is 0. The molecule has 0 bridgehead atoms. The molecule has 1 aliphatic rings. The average molecular weight is 221 g/mol. The monoisotopic (exact) mass is 221 g/mol. The van der Waals surface area contributed by atoms with Crippen LogP contribution in [0.3, 0.4) is 0 Å². The molecule has 4 nitrogen and oxygen atoms in total. The van der Waals surface area contributed by atoms with E-state index in [1.165, 1.54) is 0 Å². The number of hydrogen-bond acceptors (Lipinski definition) is 3. The first kappa shape index (κ1) is 11.3. The summed E-state index contributed by atoms with van der Waals surface area (Å²) in [6.45, 7) is 6.69. The maximum atomic E-state index is 12.4. The van der Waals surface area contributed by atoms with Crippen molar-refractivity contribution in [2.75, 3.05) is 13.1 Å². The average Bonchev–Trinajstić information content (AvgIpc) is 2.88. The van der Waals surface area contributed by atoms with Crippen LogP contribution in [-0.4, -0.2) is 28.4 Å². The largest absolute Gasteiger partial charge is 0.329 e. The molecule has 1 fully saturated rings. The minimum absolute atomic E-state index is 0.177. The molecule has 2 rings (SSSR count). The lowest BCUT2D eigenvalue weighted by Gasteiger charge is -2.20. The molecule has 0 aliphatic carbocycles. The lowest BCUT2D eigenvalue weighted by molar-refractivity contribution is 0.0823.